The molecule has 3 aliphatic rings. The zero-order chi connectivity index (χ0) is 5.72. The van der Waals surface area contributed by atoms with E-state index in [2.05, 4.69) is 13.8 Å². The summed E-state index contributed by atoms with van der Waals surface area (Å²) < 4.78 is 0. The molecule has 0 amide bonds. The van der Waals surface area contributed by atoms with Crippen molar-refractivity contribution in [3.05, 3.63) is 11.1 Å². The fourth-order valence-electron chi connectivity index (χ4n) is 1.97. The van der Waals surface area contributed by atoms with Crippen molar-refractivity contribution in [2.45, 2.75) is 26.7 Å². The van der Waals surface area contributed by atoms with Crippen molar-refractivity contribution in [2.75, 3.05) is 0 Å². The van der Waals surface area contributed by atoms with Gasteiger partial charge in [0.2, 0.25) is 0 Å². The van der Waals surface area contributed by atoms with Crippen molar-refractivity contribution in [3.8, 4) is 0 Å². The first-order chi connectivity index (χ1) is 3.79. The van der Waals surface area contributed by atoms with E-state index in [0.29, 0.717) is 0 Å². The fourth-order valence-corrected chi connectivity index (χ4v) is 1.97. The average molecular weight is 108 g/mol. The summed E-state index contributed by atoms with van der Waals surface area (Å²) in [4.78, 5) is 0. The fraction of sp³-hybridized carbons (Fsp3) is 0.750. The molecule has 1 fully saturated rings. The Balaban J connectivity index is 2.36. The van der Waals surface area contributed by atoms with Gasteiger partial charge in [0.25, 0.3) is 0 Å². The van der Waals surface area contributed by atoms with Gasteiger partial charge in [0, 0.05) is 0 Å². The Bertz CT molecular complexity index is 131. The van der Waals surface area contributed by atoms with Crippen molar-refractivity contribution in [2.24, 2.45) is 11.8 Å². The summed E-state index contributed by atoms with van der Waals surface area (Å²) in [5.41, 5.74) is 3.41. The summed E-state index contributed by atoms with van der Waals surface area (Å²) in [6, 6.07) is 0. The standard InChI is InChI=1S/C8H12/c1-5-6(2)8-3-7(5)4-8/h7-8H,3-4H2,1-2H3. The van der Waals surface area contributed by atoms with E-state index in [-0.39, 0.29) is 0 Å². The second-order valence-corrected chi connectivity index (χ2v) is 3.23. The molecule has 1 saturated carbocycles. The predicted octanol–water partition coefficient (Wildman–Crippen LogP) is 2.36. The molecule has 0 heterocycles. The highest BCUT2D eigenvalue weighted by Crippen LogP contribution is 2.51. The van der Waals surface area contributed by atoms with Gasteiger partial charge in [0.15, 0.2) is 0 Å². The van der Waals surface area contributed by atoms with E-state index >= 15 is 0 Å². The Morgan fingerprint density at radius 2 is 1.38 bits per heavy atom. The monoisotopic (exact) mass is 108 g/mol. The molecule has 3 aliphatic carbocycles. The van der Waals surface area contributed by atoms with E-state index in [9.17, 15) is 0 Å². The van der Waals surface area contributed by atoms with Gasteiger partial charge in [-0.25, -0.2) is 0 Å². The molecule has 2 bridgehead atoms. The minimum absolute atomic E-state index is 1.01. The zero-order valence-electron chi connectivity index (χ0n) is 5.57. The van der Waals surface area contributed by atoms with Gasteiger partial charge in [-0.1, -0.05) is 11.1 Å². The molecule has 3 rings (SSSR count). The Kier molecular flexibility index (Phi) is 0.677. The van der Waals surface area contributed by atoms with E-state index < -0.39 is 0 Å². The van der Waals surface area contributed by atoms with Crippen molar-refractivity contribution in [1.29, 1.82) is 0 Å². The third-order valence-electron chi connectivity index (χ3n) is 2.98. The molecule has 0 aromatic rings. The Hall–Kier alpha value is -0.260. The van der Waals surface area contributed by atoms with Crippen LogP contribution in [0.4, 0.5) is 0 Å². The lowest BCUT2D eigenvalue weighted by Crippen LogP contribution is -2.14. The maximum absolute atomic E-state index is 2.30. The van der Waals surface area contributed by atoms with Crippen LogP contribution in [-0.2, 0) is 0 Å². The van der Waals surface area contributed by atoms with Gasteiger partial charge >= 0.3 is 0 Å². The molecule has 0 unspecified atom stereocenters. The second-order valence-electron chi connectivity index (χ2n) is 3.23. The van der Waals surface area contributed by atoms with Crippen LogP contribution in [0.5, 0.6) is 0 Å². The highest BCUT2D eigenvalue weighted by Gasteiger charge is 2.39. The normalized spacial score (nSPS) is 42.8. The summed E-state index contributed by atoms with van der Waals surface area (Å²) in [6.45, 7) is 4.60. The lowest BCUT2D eigenvalue weighted by Gasteiger charge is -2.24. The van der Waals surface area contributed by atoms with Crippen LogP contribution in [-0.4, -0.2) is 0 Å². The maximum Gasteiger partial charge on any atom is -0.0192 e. The zero-order valence-corrected chi connectivity index (χ0v) is 5.57. The average Bonchev–Trinajstić information content (AvgIpc) is 1.89. The van der Waals surface area contributed by atoms with Crippen molar-refractivity contribution >= 4 is 0 Å². The summed E-state index contributed by atoms with van der Waals surface area (Å²) in [5.74, 6) is 2.03. The van der Waals surface area contributed by atoms with Crippen LogP contribution in [0.3, 0.4) is 0 Å². The number of hydrogen-bond donors (Lipinski definition) is 0. The van der Waals surface area contributed by atoms with Gasteiger partial charge in [-0.2, -0.15) is 0 Å². The first-order valence-electron chi connectivity index (χ1n) is 3.46. The van der Waals surface area contributed by atoms with Crippen LogP contribution in [0.2, 0.25) is 0 Å². The van der Waals surface area contributed by atoms with Crippen LogP contribution in [0.25, 0.3) is 0 Å². The minimum atomic E-state index is 1.01. The van der Waals surface area contributed by atoms with Crippen LogP contribution in [0, 0.1) is 11.8 Å². The Morgan fingerprint density at radius 3 is 1.50 bits per heavy atom. The molecule has 0 nitrogen and oxygen atoms in total. The third kappa shape index (κ3) is 0.331. The minimum Gasteiger partial charge on any atom is -0.0710 e. The van der Waals surface area contributed by atoms with Crippen molar-refractivity contribution in [3.63, 3.8) is 0 Å². The van der Waals surface area contributed by atoms with Crippen LogP contribution in [0.1, 0.15) is 26.7 Å². The second kappa shape index (κ2) is 1.18. The molecule has 0 atom stereocenters. The molecular weight excluding hydrogens is 96.1 g/mol. The van der Waals surface area contributed by atoms with Gasteiger partial charge < -0.3 is 0 Å². The molecule has 0 spiro atoms. The van der Waals surface area contributed by atoms with E-state index in [0.717, 1.165) is 11.8 Å². The molecule has 0 aromatic heterocycles. The predicted molar refractivity (Wildman–Crippen MR) is 34.6 cm³/mol. The first kappa shape index (κ1) is 4.60. The topological polar surface area (TPSA) is 0 Å². The van der Waals surface area contributed by atoms with Gasteiger partial charge in [0.05, 0.1) is 0 Å². The van der Waals surface area contributed by atoms with Crippen LogP contribution >= 0.6 is 0 Å². The first-order valence-corrected chi connectivity index (χ1v) is 3.46. The molecule has 0 aliphatic heterocycles. The quantitative estimate of drug-likeness (QED) is 0.418. The lowest BCUT2D eigenvalue weighted by molar-refractivity contribution is 0.316. The number of hydrogen-bond acceptors (Lipinski definition) is 0. The summed E-state index contributed by atoms with van der Waals surface area (Å²) >= 11 is 0. The van der Waals surface area contributed by atoms with E-state index in [4.69, 9.17) is 0 Å². The molecular formula is C8H12. The Morgan fingerprint density at radius 1 is 1.00 bits per heavy atom. The van der Waals surface area contributed by atoms with E-state index in [1.165, 1.54) is 12.8 Å². The Labute approximate surface area is 50.6 Å². The number of allylic oxidation sites excluding steroid dienone is 2. The number of rotatable bonds is 0. The van der Waals surface area contributed by atoms with Crippen LogP contribution < -0.4 is 0 Å². The summed E-state index contributed by atoms with van der Waals surface area (Å²) in [5, 5.41) is 0. The molecule has 0 saturated heterocycles. The van der Waals surface area contributed by atoms with Gasteiger partial charge in [-0.3, -0.25) is 0 Å². The van der Waals surface area contributed by atoms with Crippen LogP contribution in [0.15, 0.2) is 11.1 Å². The van der Waals surface area contributed by atoms with Crippen molar-refractivity contribution < 1.29 is 0 Å². The molecule has 0 N–H and O–H groups in total. The van der Waals surface area contributed by atoms with Gasteiger partial charge in [-0.15, -0.1) is 0 Å². The highest BCUT2D eigenvalue weighted by atomic mass is 14.4. The van der Waals surface area contributed by atoms with Crippen molar-refractivity contribution in [1.82, 2.24) is 0 Å². The SMILES string of the molecule is CC1=C(C)C2CC1C2. The molecule has 0 aromatic carbocycles. The smallest absolute Gasteiger partial charge is 0.0192 e. The summed E-state index contributed by atoms with van der Waals surface area (Å²) in [6.07, 6.45) is 2.97. The largest absolute Gasteiger partial charge is 0.0710 e. The van der Waals surface area contributed by atoms with Gasteiger partial charge in [0.1, 0.15) is 0 Å². The molecule has 0 radical (unpaired) electrons. The third-order valence-corrected chi connectivity index (χ3v) is 2.98. The molecule has 0 heteroatoms. The molecule has 44 valence electrons. The summed E-state index contributed by atoms with van der Waals surface area (Å²) in [7, 11) is 0. The molecule has 8 heavy (non-hydrogen) atoms. The lowest BCUT2D eigenvalue weighted by atomic mass is 9.80. The maximum atomic E-state index is 2.30. The highest BCUT2D eigenvalue weighted by molar-refractivity contribution is 5.29. The van der Waals surface area contributed by atoms with E-state index in [1.54, 1.807) is 11.1 Å². The van der Waals surface area contributed by atoms with E-state index in [1.807, 2.05) is 0 Å². The van der Waals surface area contributed by atoms with Gasteiger partial charge in [-0.05, 0) is 38.5 Å².